The van der Waals surface area contributed by atoms with Crippen LogP contribution in [0.5, 0.6) is 11.5 Å². The molecule has 0 amide bonds. The number of nitrogens with zero attached hydrogens (tertiary/aromatic N) is 2. The molecule has 3 aromatic rings. The second kappa shape index (κ2) is 5.18. The van der Waals surface area contributed by atoms with Gasteiger partial charge in [0.25, 0.3) is 0 Å². The number of carbonyl (C=O) groups excluding carboxylic acids is 2. The number of hydrogen-bond donors (Lipinski definition) is 0. The smallest absolute Gasteiger partial charge is 0.428 e. The number of hydrogen-bond acceptors (Lipinski definition) is 5. The molecule has 6 heteroatoms. The Kier molecular flexibility index (Phi) is 3.00. The average molecular weight is 317 g/mol. The van der Waals surface area contributed by atoms with Gasteiger partial charge in [-0.3, -0.25) is 0 Å². The molecule has 4 rings (SSSR count). The van der Waals surface area contributed by atoms with E-state index in [1.54, 1.807) is 42.5 Å². The van der Waals surface area contributed by atoms with Crippen molar-refractivity contribution in [2.45, 2.75) is 0 Å². The first-order chi connectivity index (χ1) is 11.7. The predicted octanol–water partition coefficient (Wildman–Crippen LogP) is 4.43. The van der Waals surface area contributed by atoms with Crippen molar-refractivity contribution in [2.75, 3.05) is 0 Å². The van der Waals surface area contributed by atoms with Gasteiger partial charge >= 0.3 is 17.6 Å². The molecular formula is C18H9N2O4+. The van der Waals surface area contributed by atoms with Crippen molar-refractivity contribution >= 4 is 28.4 Å². The van der Waals surface area contributed by atoms with Crippen LogP contribution in [0.2, 0.25) is 0 Å². The molecule has 3 aromatic carbocycles. The van der Waals surface area contributed by atoms with Gasteiger partial charge in [-0.25, -0.2) is 9.59 Å². The van der Waals surface area contributed by atoms with Gasteiger partial charge in [-0.2, -0.15) is 0 Å². The molecule has 0 unspecified atom stereocenters. The van der Waals surface area contributed by atoms with Gasteiger partial charge in [-0.15, -0.1) is 0 Å². The molecule has 0 aliphatic carbocycles. The topological polar surface area (TPSA) is 80.8 Å². The summed E-state index contributed by atoms with van der Waals surface area (Å²) in [6, 6.07) is 15.2. The largest absolute Gasteiger partial charge is 0.448 e. The number of esters is 2. The molecule has 0 aromatic heterocycles. The first kappa shape index (κ1) is 13.9. The second-order valence-electron chi connectivity index (χ2n) is 5.19. The van der Waals surface area contributed by atoms with Gasteiger partial charge < -0.3 is 9.47 Å². The average Bonchev–Trinajstić information content (AvgIpc) is 2.61. The lowest BCUT2D eigenvalue weighted by Gasteiger charge is -2.16. The Hall–Kier alpha value is -3.72. The maximum atomic E-state index is 12.0. The first-order valence-corrected chi connectivity index (χ1v) is 7.13. The van der Waals surface area contributed by atoms with Crippen LogP contribution in [-0.2, 0) is 4.74 Å². The Morgan fingerprint density at radius 1 is 0.917 bits per heavy atom. The number of ether oxygens (including phenoxy) is 2. The van der Waals surface area contributed by atoms with E-state index in [1.165, 1.54) is 6.07 Å². The molecule has 114 valence electrons. The molecule has 1 aliphatic rings. The van der Waals surface area contributed by atoms with Crippen LogP contribution in [0, 0.1) is 5.39 Å². The molecule has 24 heavy (non-hydrogen) atoms. The molecule has 0 radical (unpaired) electrons. The first-order valence-electron chi connectivity index (χ1n) is 7.13. The molecular weight excluding hydrogens is 308 g/mol. The minimum Gasteiger partial charge on any atom is -0.448 e. The fraction of sp³-hybridized carbons (Fsp3) is 0. The SMILES string of the molecule is N#[N+]c1cc2c3c(cccc3c1Oc1ccccc1)C(=O)OC2=O. The third kappa shape index (κ3) is 2.00. The lowest BCUT2D eigenvalue weighted by molar-refractivity contribution is 0.0391. The zero-order valence-corrected chi connectivity index (χ0v) is 12.2. The quantitative estimate of drug-likeness (QED) is 0.397. The summed E-state index contributed by atoms with van der Waals surface area (Å²) < 4.78 is 10.6. The Labute approximate surface area is 135 Å². The predicted molar refractivity (Wildman–Crippen MR) is 85.0 cm³/mol. The van der Waals surface area contributed by atoms with Crippen LogP contribution in [-0.4, -0.2) is 11.9 Å². The maximum absolute atomic E-state index is 12.0. The Bertz CT molecular complexity index is 1050. The second-order valence-corrected chi connectivity index (χ2v) is 5.19. The van der Waals surface area contributed by atoms with Gasteiger partial charge in [0.1, 0.15) is 5.75 Å². The van der Waals surface area contributed by atoms with E-state index >= 15 is 0 Å². The third-order valence-electron chi connectivity index (χ3n) is 3.79. The van der Waals surface area contributed by atoms with Crippen molar-refractivity contribution in [2.24, 2.45) is 0 Å². The minimum atomic E-state index is -0.778. The summed E-state index contributed by atoms with van der Waals surface area (Å²) in [5.74, 6) is -0.697. The Morgan fingerprint density at radius 3 is 2.42 bits per heavy atom. The van der Waals surface area contributed by atoms with Crippen LogP contribution >= 0.6 is 0 Å². The van der Waals surface area contributed by atoms with E-state index in [4.69, 9.17) is 9.47 Å². The summed E-state index contributed by atoms with van der Waals surface area (Å²) in [4.78, 5) is 27.2. The zero-order chi connectivity index (χ0) is 16.7. The van der Waals surface area contributed by atoms with Crippen molar-refractivity contribution < 1.29 is 19.1 Å². The molecule has 0 N–H and O–H groups in total. The van der Waals surface area contributed by atoms with E-state index in [-0.39, 0.29) is 22.6 Å². The van der Waals surface area contributed by atoms with Gasteiger partial charge in [-0.1, -0.05) is 30.3 Å². The van der Waals surface area contributed by atoms with Crippen molar-refractivity contribution in [1.29, 1.82) is 5.39 Å². The number of para-hydroxylation sites is 1. The number of rotatable bonds is 2. The van der Waals surface area contributed by atoms with Crippen LogP contribution in [0.4, 0.5) is 5.69 Å². The van der Waals surface area contributed by atoms with E-state index in [0.29, 0.717) is 16.5 Å². The van der Waals surface area contributed by atoms with E-state index in [0.717, 1.165) is 0 Å². The minimum absolute atomic E-state index is 0.0739. The highest BCUT2D eigenvalue weighted by atomic mass is 16.6. The summed E-state index contributed by atoms with van der Waals surface area (Å²) in [6.07, 6.45) is 0. The Balaban J connectivity index is 2.05. The number of diazo groups is 1. The van der Waals surface area contributed by atoms with Crippen LogP contribution < -0.4 is 4.74 Å². The van der Waals surface area contributed by atoms with Gasteiger partial charge in [0.15, 0.2) is 4.98 Å². The number of carbonyl (C=O) groups is 2. The van der Waals surface area contributed by atoms with Crippen molar-refractivity contribution in [3.63, 3.8) is 0 Å². The van der Waals surface area contributed by atoms with E-state index in [1.807, 2.05) is 6.07 Å². The monoisotopic (exact) mass is 317 g/mol. The highest BCUT2D eigenvalue weighted by molar-refractivity contribution is 6.22. The van der Waals surface area contributed by atoms with Gasteiger partial charge in [-0.05, 0) is 18.2 Å². The highest BCUT2D eigenvalue weighted by Gasteiger charge is 2.33. The van der Waals surface area contributed by atoms with Crippen molar-refractivity contribution in [1.82, 2.24) is 0 Å². The van der Waals surface area contributed by atoms with Crippen molar-refractivity contribution in [3.05, 3.63) is 70.7 Å². The molecule has 6 nitrogen and oxygen atoms in total. The van der Waals surface area contributed by atoms with Crippen LogP contribution in [0.15, 0.2) is 54.6 Å². The van der Waals surface area contributed by atoms with Crippen molar-refractivity contribution in [3.8, 4) is 11.5 Å². The number of benzene rings is 3. The fourth-order valence-electron chi connectivity index (χ4n) is 2.76. The molecule has 0 fully saturated rings. The molecule has 0 saturated carbocycles. The highest BCUT2D eigenvalue weighted by Crippen LogP contribution is 2.43. The summed E-state index contributed by atoms with van der Waals surface area (Å²) in [7, 11) is 0. The molecule has 0 atom stereocenters. The standard InChI is InChI=1S/C18H9N2O4/c19-20-14-9-13-15-11(16(14)23-10-5-2-1-3-6-10)7-4-8-12(15)17(21)24-18(13)22/h1-9H/q+1. The summed E-state index contributed by atoms with van der Waals surface area (Å²) in [5, 5.41) is 10.2. The van der Waals surface area contributed by atoms with Crippen LogP contribution in [0.3, 0.4) is 0 Å². The van der Waals surface area contributed by atoms with Gasteiger partial charge in [0, 0.05) is 10.8 Å². The summed E-state index contributed by atoms with van der Waals surface area (Å²) >= 11 is 0. The molecule has 1 aliphatic heterocycles. The summed E-state index contributed by atoms with van der Waals surface area (Å²) in [5.41, 5.74) is 0.503. The summed E-state index contributed by atoms with van der Waals surface area (Å²) in [6.45, 7) is 0. The third-order valence-corrected chi connectivity index (χ3v) is 3.79. The van der Waals surface area contributed by atoms with E-state index < -0.39 is 11.9 Å². The Morgan fingerprint density at radius 2 is 1.67 bits per heavy atom. The molecule has 0 saturated heterocycles. The van der Waals surface area contributed by atoms with E-state index in [2.05, 4.69) is 4.98 Å². The van der Waals surface area contributed by atoms with E-state index in [9.17, 15) is 15.0 Å². The lowest BCUT2D eigenvalue weighted by Crippen LogP contribution is -2.19. The van der Waals surface area contributed by atoms with Gasteiger partial charge in [0.05, 0.1) is 17.2 Å². The fourth-order valence-corrected chi connectivity index (χ4v) is 2.76. The molecule has 1 heterocycles. The molecule has 0 spiro atoms. The lowest BCUT2D eigenvalue weighted by atomic mass is 9.95. The van der Waals surface area contributed by atoms with Crippen LogP contribution in [0.25, 0.3) is 15.7 Å². The van der Waals surface area contributed by atoms with Gasteiger partial charge in [0.2, 0.25) is 11.1 Å². The zero-order valence-electron chi connectivity index (χ0n) is 12.2. The van der Waals surface area contributed by atoms with Crippen LogP contribution in [0.1, 0.15) is 20.7 Å². The maximum Gasteiger partial charge on any atom is 0.428 e. The normalized spacial score (nSPS) is 12.6. The molecule has 0 bridgehead atoms. The number of cyclic esters (lactones) is 2.